The normalized spacial score (nSPS) is 19.9. The van der Waals surface area contributed by atoms with Crippen LogP contribution >= 0.6 is 11.3 Å². The molecule has 1 fully saturated rings. The number of rotatable bonds is 3. The van der Waals surface area contributed by atoms with Crippen molar-refractivity contribution >= 4 is 17.2 Å². The number of methoxy groups -OCH3 is 1. The average molecular weight is 573 g/mol. The van der Waals surface area contributed by atoms with Gasteiger partial charge in [-0.1, -0.05) is 17.9 Å². The molecule has 2 aromatic heterocycles. The van der Waals surface area contributed by atoms with Crippen LogP contribution in [0, 0.1) is 11.8 Å². The van der Waals surface area contributed by atoms with Crippen molar-refractivity contribution in [3.05, 3.63) is 52.0 Å². The van der Waals surface area contributed by atoms with Crippen LogP contribution in [0.3, 0.4) is 0 Å². The monoisotopic (exact) mass is 572 g/mol. The molecule has 6 nitrogen and oxygen atoms in total. The summed E-state index contributed by atoms with van der Waals surface area (Å²) in [5.74, 6) is 7.07. The van der Waals surface area contributed by atoms with Crippen molar-refractivity contribution in [3.63, 3.8) is 0 Å². The van der Waals surface area contributed by atoms with E-state index >= 15 is 0 Å². The SMILES string of the molecule is COc1cc2c(cc1C#CCC1COC(C)(C)O1)-c1c(-c3cccs3)c3c(n1CC2)C(=O)N(C(C)(C)C)CCCC3. The lowest BCUT2D eigenvalue weighted by atomic mass is 9.91. The summed E-state index contributed by atoms with van der Waals surface area (Å²) in [6.07, 6.45) is 4.36. The fraction of sp³-hybridized carbons (Fsp3) is 0.500. The molecular formula is C34H40N2O4S. The van der Waals surface area contributed by atoms with Crippen molar-refractivity contribution < 1.29 is 19.0 Å². The quantitative estimate of drug-likeness (QED) is 0.320. The molecule has 1 saturated heterocycles. The van der Waals surface area contributed by atoms with E-state index < -0.39 is 5.79 Å². The van der Waals surface area contributed by atoms with Crippen LogP contribution < -0.4 is 4.74 Å². The van der Waals surface area contributed by atoms with Gasteiger partial charge in [-0.25, -0.2) is 0 Å². The van der Waals surface area contributed by atoms with Gasteiger partial charge in [-0.05, 0) is 95.0 Å². The first kappa shape index (κ1) is 28.1. The van der Waals surface area contributed by atoms with Gasteiger partial charge in [0.15, 0.2) is 5.79 Å². The molecule has 5 heterocycles. The summed E-state index contributed by atoms with van der Waals surface area (Å²) < 4.78 is 19.8. The zero-order valence-electron chi connectivity index (χ0n) is 25.1. The van der Waals surface area contributed by atoms with Crippen molar-refractivity contribution in [2.45, 2.75) is 90.7 Å². The van der Waals surface area contributed by atoms with E-state index in [1.165, 1.54) is 21.6 Å². The lowest BCUT2D eigenvalue weighted by molar-refractivity contribution is -0.137. The van der Waals surface area contributed by atoms with Crippen LogP contribution in [0.4, 0.5) is 0 Å². The number of aryl methyl sites for hydroxylation is 1. The summed E-state index contributed by atoms with van der Waals surface area (Å²) in [5, 5.41) is 2.13. The Morgan fingerprint density at radius 3 is 2.66 bits per heavy atom. The van der Waals surface area contributed by atoms with Crippen LogP contribution in [0.1, 0.15) is 81.1 Å². The van der Waals surface area contributed by atoms with E-state index in [4.69, 9.17) is 14.2 Å². The van der Waals surface area contributed by atoms with Gasteiger partial charge < -0.3 is 23.7 Å². The van der Waals surface area contributed by atoms with E-state index in [0.717, 1.165) is 67.0 Å². The highest BCUT2D eigenvalue weighted by Crippen LogP contribution is 2.47. The molecule has 0 aliphatic carbocycles. The van der Waals surface area contributed by atoms with Gasteiger partial charge >= 0.3 is 0 Å². The van der Waals surface area contributed by atoms with E-state index in [-0.39, 0.29) is 17.6 Å². The van der Waals surface area contributed by atoms with Gasteiger partial charge in [0.2, 0.25) is 0 Å². The smallest absolute Gasteiger partial charge is 0.271 e. The molecule has 3 aliphatic rings. The van der Waals surface area contributed by atoms with E-state index in [1.807, 2.05) is 13.8 Å². The van der Waals surface area contributed by atoms with Gasteiger partial charge in [0, 0.05) is 41.1 Å². The third-order valence-corrected chi connectivity index (χ3v) is 9.24. The number of benzene rings is 1. The Morgan fingerprint density at radius 2 is 1.98 bits per heavy atom. The second-order valence-corrected chi connectivity index (χ2v) is 13.6. The third kappa shape index (κ3) is 5.22. The first-order chi connectivity index (χ1) is 19.6. The topological polar surface area (TPSA) is 52.9 Å². The van der Waals surface area contributed by atoms with Crippen LogP contribution in [0.2, 0.25) is 0 Å². The molecule has 1 aromatic carbocycles. The maximum Gasteiger partial charge on any atom is 0.271 e. The number of fused-ring (bicyclic) bond motifs is 5. The molecule has 0 radical (unpaired) electrons. The molecule has 3 aliphatic heterocycles. The minimum absolute atomic E-state index is 0.0415. The molecule has 7 heteroatoms. The fourth-order valence-electron chi connectivity index (χ4n) is 6.46. The van der Waals surface area contributed by atoms with Crippen molar-refractivity contribution in [1.82, 2.24) is 9.47 Å². The lowest BCUT2D eigenvalue weighted by Gasteiger charge is -2.37. The van der Waals surface area contributed by atoms with Crippen LogP contribution in [0.25, 0.3) is 21.7 Å². The molecule has 1 unspecified atom stereocenters. The molecule has 216 valence electrons. The third-order valence-electron chi connectivity index (χ3n) is 8.35. The van der Waals surface area contributed by atoms with Crippen molar-refractivity contribution in [3.8, 4) is 39.3 Å². The van der Waals surface area contributed by atoms with Crippen molar-refractivity contribution in [2.75, 3.05) is 20.3 Å². The van der Waals surface area contributed by atoms with Crippen molar-refractivity contribution in [1.29, 1.82) is 0 Å². The number of nitrogens with zero attached hydrogens (tertiary/aromatic N) is 2. The average Bonchev–Trinajstić information content (AvgIpc) is 3.63. The van der Waals surface area contributed by atoms with Gasteiger partial charge in [0.05, 0.1) is 31.1 Å². The molecular weight excluding hydrogens is 532 g/mol. The molecule has 6 rings (SSSR count). The van der Waals surface area contributed by atoms with Crippen LogP contribution in [-0.2, 0) is 28.9 Å². The van der Waals surface area contributed by atoms with Gasteiger partial charge in [-0.2, -0.15) is 0 Å². The molecule has 0 N–H and O–H groups in total. The number of hydrogen-bond donors (Lipinski definition) is 0. The maximum atomic E-state index is 14.3. The molecule has 1 amide bonds. The zero-order chi connectivity index (χ0) is 28.9. The summed E-state index contributed by atoms with van der Waals surface area (Å²) in [6, 6.07) is 8.62. The van der Waals surface area contributed by atoms with Crippen LogP contribution in [0.5, 0.6) is 5.75 Å². The number of carbonyl (C=O) groups is 1. The van der Waals surface area contributed by atoms with Gasteiger partial charge in [0.25, 0.3) is 5.91 Å². The molecule has 1 atom stereocenters. The summed E-state index contributed by atoms with van der Waals surface area (Å²) in [6.45, 7) is 12.4. The van der Waals surface area contributed by atoms with Gasteiger partial charge in [-0.3, -0.25) is 4.79 Å². The van der Waals surface area contributed by atoms with Gasteiger partial charge in [-0.15, -0.1) is 11.3 Å². The lowest BCUT2D eigenvalue weighted by Crippen LogP contribution is -2.47. The van der Waals surface area contributed by atoms with E-state index in [2.05, 4.69) is 71.7 Å². The summed E-state index contributed by atoms with van der Waals surface area (Å²) >= 11 is 1.74. The highest BCUT2D eigenvalue weighted by molar-refractivity contribution is 7.13. The van der Waals surface area contributed by atoms with E-state index in [1.54, 1.807) is 18.4 Å². The largest absolute Gasteiger partial charge is 0.495 e. The Labute approximate surface area is 247 Å². The number of ether oxygens (including phenoxy) is 3. The molecule has 41 heavy (non-hydrogen) atoms. The van der Waals surface area contributed by atoms with E-state index in [0.29, 0.717) is 13.0 Å². The Hall–Kier alpha value is -3.05. The Bertz CT molecular complexity index is 1530. The summed E-state index contributed by atoms with van der Waals surface area (Å²) in [4.78, 5) is 17.6. The second kappa shape index (κ2) is 10.7. The zero-order valence-corrected chi connectivity index (χ0v) is 25.9. The standard InChI is InChI=1S/C34H40N2O4S/c1-33(2,3)36-16-8-7-13-25-29(28-14-10-18-41-28)30-26-19-23(11-9-12-24-21-39-34(4,5)40-24)27(38-6)20-22(26)15-17-35(30)31(25)32(36)37/h10,14,18-20,24H,7-8,12-13,15-17,21H2,1-6H3. The Morgan fingerprint density at radius 1 is 1.15 bits per heavy atom. The number of aromatic nitrogens is 1. The number of carbonyl (C=O) groups excluding carboxylic acids is 1. The Balaban J connectivity index is 1.50. The summed E-state index contributed by atoms with van der Waals surface area (Å²) in [5.41, 5.74) is 7.40. The molecule has 0 bridgehead atoms. The highest BCUT2D eigenvalue weighted by Gasteiger charge is 2.37. The highest BCUT2D eigenvalue weighted by atomic mass is 32.1. The first-order valence-corrected chi connectivity index (χ1v) is 15.6. The van der Waals surface area contributed by atoms with E-state index in [9.17, 15) is 4.79 Å². The second-order valence-electron chi connectivity index (χ2n) is 12.7. The first-order valence-electron chi connectivity index (χ1n) is 14.7. The molecule has 0 saturated carbocycles. The van der Waals surface area contributed by atoms with Gasteiger partial charge in [0.1, 0.15) is 11.4 Å². The molecule has 0 spiro atoms. The van der Waals surface area contributed by atoms with Crippen LogP contribution in [0.15, 0.2) is 29.6 Å². The number of hydrogen-bond acceptors (Lipinski definition) is 5. The maximum absolute atomic E-state index is 14.3. The fourth-order valence-corrected chi connectivity index (χ4v) is 7.26. The number of amides is 1. The van der Waals surface area contributed by atoms with Crippen molar-refractivity contribution in [2.24, 2.45) is 0 Å². The predicted molar refractivity (Wildman–Crippen MR) is 164 cm³/mol. The molecule has 3 aromatic rings. The predicted octanol–water partition coefficient (Wildman–Crippen LogP) is 6.92. The number of thiophene rings is 1. The Kier molecular flexibility index (Phi) is 7.30. The van der Waals surface area contributed by atoms with Crippen LogP contribution in [-0.4, -0.2) is 53.1 Å². The summed E-state index contributed by atoms with van der Waals surface area (Å²) in [7, 11) is 1.71. The minimum atomic E-state index is -0.559. The minimum Gasteiger partial charge on any atom is -0.495 e.